The molecule has 1 aromatic carbocycles. The molecule has 0 saturated heterocycles. The maximum Gasteiger partial charge on any atom is 0.216 e. The molecule has 0 aliphatic heterocycles. The van der Waals surface area contributed by atoms with Crippen LogP contribution < -0.4 is 16.8 Å². The van der Waals surface area contributed by atoms with E-state index in [9.17, 15) is 4.79 Å². The molecule has 0 radical (unpaired) electrons. The van der Waals surface area contributed by atoms with Crippen molar-refractivity contribution >= 4 is 23.4 Å². The molecule has 0 aromatic heterocycles. The van der Waals surface area contributed by atoms with E-state index >= 15 is 0 Å². The molecule has 1 aromatic rings. The summed E-state index contributed by atoms with van der Waals surface area (Å²) in [6.07, 6.45) is 4.64. The van der Waals surface area contributed by atoms with Gasteiger partial charge in [-0.3, -0.25) is 4.79 Å². The fraction of sp³-hybridized carbons (Fsp3) is 0.250. The van der Waals surface area contributed by atoms with E-state index in [1.165, 1.54) is 6.92 Å². The summed E-state index contributed by atoms with van der Waals surface area (Å²) in [6, 6.07) is 5.53. The molecule has 86 valence electrons. The summed E-state index contributed by atoms with van der Waals surface area (Å²) in [6.45, 7) is 2.13. The lowest BCUT2D eigenvalue weighted by molar-refractivity contribution is -0.118. The molecule has 0 saturated carbocycles. The van der Waals surface area contributed by atoms with Gasteiger partial charge in [-0.25, -0.2) is 0 Å². The molecule has 16 heavy (non-hydrogen) atoms. The summed E-state index contributed by atoms with van der Waals surface area (Å²) < 4.78 is 0. The third-order valence-corrected chi connectivity index (χ3v) is 2.16. The smallest absolute Gasteiger partial charge is 0.216 e. The zero-order valence-corrected chi connectivity index (χ0v) is 9.36. The van der Waals surface area contributed by atoms with E-state index in [4.69, 9.17) is 11.5 Å². The van der Waals surface area contributed by atoms with Crippen LogP contribution in [0.15, 0.2) is 24.3 Å². The number of anilines is 2. The zero-order chi connectivity index (χ0) is 12.0. The van der Waals surface area contributed by atoms with Crippen LogP contribution in [0.25, 0.3) is 6.08 Å². The number of hydrogen-bond donors (Lipinski definition) is 3. The lowest BCUT2D eigenvalue weighted by Gasteiger charge is -2.03. The minimum atomic E-state index is -0.0168. The fourth-order valence-corrected chi connectivity index (χ4v) is 1.29. The molecule has 0 aliphatic rings. The van der Waals surface area contributed by atoms with Crippen LogP contribution in [0.3, 0.4) is 0 Å². The Morgan fingerprint density at radius 1 is 1.44 bits per heavy atom. The molecular weight excluding hydrogens is 202 g/mol. The summed E-state index contributed by atoms with van der Waals surface area (Å²) in [4.78, 5) is 10.6. The van der Waals surface area contributed by atoms with Crippen molar-refractivity contribution in [3.63, 3.8) is 0 Å². The third-order valence-electron chi connectivity index (χ3n) is 2.16. The molecule has 0 bridgehead atoms. The number of rotatable bonds is 4. The van der Waals surface area contributed by atoms with Gasteiger partial charge in [0.05, 0.1) is 11.4 Å². The van der Waals surface area contributed by atoms with Crippen LogP contribution in [0.1, 0.15) is 18.9 Å². The average molecular weight is 219 g/mol. The Bertz CT molecular complexity index is 399. The van der Waals surface area contributed by atoms with Crippen molar-refractivity contribution in [3.8, 4) is 0 Å². The number of hydrogen-bond acceptors (Lipinski definition) is 3. The first-order chi connectivity index (χ1) is 7.61. The summed E-state index contributed by atoms with van der Waals surface area (Å²) in [5.74, 6) is -0.0168. The molecule has 1 rings (SSSR count). The molecule has 4 nitrogen and oxygen atoms in total. The topological polar surface area (TPSA) is 81.1 Å². The van der Waals surface area contributed by atoms with Gasteiger partial charge in [-0.05, 0) is 18.1 Å². The van der Waals surface area contributed by atoms with Gasteiger partial charge < -0.3 is 16.8 Å². The number of benzene rings is 1. The van der Waals surface area contributed by atoms with Crippen LogP contribution in [0.2, 0.25) is 0 Å². The summed E-state index contributed by atoms with van der Waals surface area (Å²) in [7, 11) is 0. The van der Waals surface area contributed by atoms with Gasteiger partial charge in [0.15, 0.2) is 0 Å². The van der Waals surface area contributed by atoms with Crippen LogP contribution in [-0.2, 0) is 4.79 Å². The lowest BCUT2D eigenvalue weighted by atomic mass is 10.1. The molecule has 0 fully saturated rings. The van der Waals surface area contributed by atoms with Crippen molar-refractivity contribution in [2.24, 2.45) is 0 Å². The van der Waals surface area contributed by atoms with Gasteiger partial charge in [-0.15, -0.1) is 0 Å². The minimum absolute atomic E-state index is 0.0168. The molecule has 1 amide bonds. The number of carbonyl (C=O) groups excluding carboxylic acids is 1. The number of nitrogens with two attached hydrogens (primary N) is 2. The average Bonchev–Trinajstić information content (AvgIpc) is 2.23. The third kappa shape index (κ3) is 3.65. The Kier molecular flexibility index (Phi) is 4.39. The van der Waals surface area contributed by atoms with Crippen molar-refractivity contribution in [3.05, 3.63) is 29.8 Å². The maximum atomic E-state index is 10.6. The predicted molar refractivity (Wildman–Crippen MR) is 67.6 cm³/mol. The molecule has 0 atom stereocenters. The second kappa shape index (κ2) is 5.80. The zero-order valence-electron chi connectivity index (χ0n) is 9.36. The first-order valence-electron chi connectivity index (χ1n) is 5.16. The Labute approximate surface area is 95.3 Å². The van der Waals surface area contributed by atoms with Crippen molar-refractivity contribution in [2.45, 2.75) is 13.3 Å². The first kappa shape index (κ1) is 12.1. The SMILES string of the molecule is CC(=O)NCCC=Cc1cccc(N)c1N. The van der Waals surface area contributed by atoms with Gasteiger partial charge in [0.1, 0.15) is 0 Å². The molecule has 0 unspecified atom stereocenters. The van der Waals surface area contributed by atoms with E-state index in [2.05, 4.69) is 5.32 Å². The number of carbonyl (C=O) groups is 1. The van der Waals surface area contributed by atoms with Gasteiger partial charge in [0.2, 0.25) is 5.91 Å². The van der Waals surface area contributed by atoms with Crippen LogP contribution in [0.5, 0.6) is 0 Å². The van der Waals surface area contributed by atoms with Gasteiger partial charge in [0, 0.05) is 13.5 Å². The van der Waals surface area contributed by atoms with Crippen LogP contribution in [-0.4, -0.2) is 12.5 Å². The lowest BCUT2D eigenvalue weighted by Crippen LogP contribution is -2.20. The second-order valence-corrected chi connectivity index (χ2v) is 3.52. The van der Waals surface area contributed by atoms with E-state index in [1.807, 2.05) is 24.3 Å². The Balaban J connectivity index is 2.50. The van der Waals surface area contributed by atoms with E-state index in [-0.39, 0.29) is 5.91 Å². The van der Waals surface area contributed by atoms with Crippen LogP contribution in [0.4, 0.5) is 11.4 Å². The molecular formula is C12H17N3O. The first-order valence-corrected chi connectivity index (χ1v) is 5.16. The van der Waals surface area contributed by atoms with Crippen molar-refractivity contribution in [1.29, 1.82) is 0 Å². The summed E-state index contributed by atoms with van der Waals surface area (Å²) in [5, 5.41) is 2.71. The predicted octanol–water partition coefficient (Wildman–Crippen LogP) is 1.39. The normalized spacial score (nSPS) is 10.6. The largest absolute Gasteiger partial charge is 0.397 e. The van der Waals surface area contributed by atoms with Crippen molar-refractivity contribution in [1.82, 2.24) is 5.32 Å². The summed E-state index contributed by atoms with van der Waals surface area (Å²) in [5.41, 5.74) is 13.6. The standard InChI is InChI=1S/C12H17N3O/c1-9(16)15-8-3-2-5-10-6-4-7-11(13)12(10)14/h2,4-7H,3,8,13-14H2,1H3,(H,15,16). The molecule has 0 aliphatic carbocycles. The highest BCUT2D eigenvalue weighted by Crippen LogP contribution is 2.20. The van der Waals surface area contributed by atoms with Crippen LogP contribution >= 0.6 is 0 Å². The Morgan fingerprint density at radius 3 is 2.88 bits per heavy atom. The monoisotopic (exact) mass is 219 g/mol. The minimum Gasteiger partial charge on any atom is -0.397 e. The summed E-state index contributed by atoms with van der Waals surface area (Å²) >= 11 is 0. The molecule has 0 spiro atoms. The Morgan fingerprint density at radius 2 is 2.19 bits per heavy atom. The number of nitrogens with one attached hydrogen (secondary N) is 1. The fourth-order valence-electron chi connectivity index (χ4n) is 1.29. The van der Waals surface area contributed by atoms with E-state index in [0.29, 0.717) is 17.9 Å². The molecule has 4 heteroatoms. The second-order valence-electron chi connectivity index (χ2n) is 3.52. The number of nitrogen functional groups attached to an aromatic ring is 2. The molecule has 0 heterocycles. The van der Waals surface area contributed by atoms with Gasteiger partial charge in [0.25, 0.3) is 0 Å². The number of amides is 1. The van der Waals surface area contributed by atoms with E-state index in [1.54, 1.807) is 6.07 Å². The highest BCUT2D eigenvalue weighted by Gasteiger charge is 1.97. The van der Waals surface area contributed by atoms with Gasteiger partial charge >= 0.3 is 0 Å². The van der Waals surface area contributed by atoms with Crippen molar-refractivity contribution < 1.29 is 4.79 Å². The number of para-hydroxylation sites is 1. The highest BCUT2D eigenvalue weighted by molar-refractivity contribution is 5.75. The maximum absolute atomic E-state index is 10.6. The Hall–Kier alpha value is -1.97. The van der Waals surface area contributed by atoms with Crippen LogP contribution in [0, 0.1) is 0 Å². The van der Waals surface area contributed by atoms with E-state index < -0.39 is 0 Å². The van der Waals surface area contributed by atoms with E-state index in [0.717, 1.165) is 12.0 Å². The highest BCUT2D eigenvalue weighted by atomic mass is 16.1. The van der Waals surface area contributed by atoms with Gasteiger partial charge in [-0.2, -0.15) is 0 Å². The molecule has 5 N–H and O–H groups in total. The van der Waals surface area contributed by atoms with Gasteiger partial charge in [-0.1, -0.05) is 24.3 Å². The van der Waals surface area contributed by atoms with Crippen molar-refractivity contribution in [2.75, 3.05) is 18.0 Å². The quantitative estimate of drug-likeness (QED) is 0.528.